The zero-order valence-corrected chi connectivity index (χ0v) is 16.3. The molecule has 0 spiro atoms. The van der Waals surface area contributed by atoms with Crippen LogP contribution in [-0.4, -0.2) is 50.1 Å². The van der Waals surface area contributed by atoms with Gasteiger partial charge in [0.2, 0.25) is 5.91 Å². The van der Waals surface area contributed by atoms with Crippen LogP contribution >= 0.6 is 0 Å². The number of rotatable bonds is 8. The standard InChI is InChI=1S/C21H28N4O3/c1-27-18-8-6-17(7-9-18)15-23-21(22-11-10-19-5-4-14-28-19)24-16-20(26)25-12-2-3-13-25/h4-9,14H,2-3,10-13,15-16H2,1H3,(H2,22,23,24). The van der Waals surface area contributed by atoms with Gasteiger partial charge in [0.1, 0.15) is 11.5 Å². The van der Waals surface area contributed by atoms with E-state index in [1.165, 1.54) is 0 Å². The fraction of sp³-hybridized carbons (Fsp3) is 0.429. The predicted octanol–water partition coefficient (Wildman–Crippen LogP) is 2.19. The number of methoxy groups -OCH3 is 1. The minimum atomic E-state index is 0.113. The number of guanidine groups is 1. The number of carbonyl (C=O) groups is 1. The molecule has 1 aliphatic heterocycles. The molecule has 0 radical (unpaired) electrons. The third kappa shape index (κ3) is 6.04. The molecule has 28 heavy (non-hydrogen) atoms. The first-order valence-corrected chi connectivity index (χ1v) is 9.70. The molecule has 0 bridgehead atoms. The number of likely N-dealkylation sites (tertiary alicyclic amines) is 1. The van der Waals surface area contributed by atoms with Gasteiger partial charge in [-0.3, -0.25) is 4.79 Å². The SMILES string of the molecule is COc1ccc(CN=C(NCCc2ccco2)NCC(=O)N2CCCC2)cc1. The lowest BCUT2D eigenvalue weighted by Gasteiger charge is -2.17. The molecule has 1 aromatic heterocycles. The van der Waals surface area contributed by atoms with Crippen molar-refractivity contribution in [2.45, 2.75) is 25.8 Å². The Morgan fingerprint density at radius 2 is 1.96 bits per heavy atom. The lowest BCUT2D eigenvalue weighted by atomic mass is 10.2. The summed E-state index contributed by atoms with van der Waals surface area (Å²) in [6.45, 7) is 3.13. The van der Waals surface area contributed by atoms with E-state index in [4.69, 9.17) is 9.15 Å². The normalized spacial score (nSPS) is 14.2. The highest BCUT2D eigenvalue weighted by Gasteiger charge is 2.17. The van der Waals surface area contributed by atoms with E-state index in [9.17, 15) is 4.79 Å². The number of carbonyl (C=O) groups excluding carboxylic acids is 1. The highest BCUT2D eigenvalue weighted by molar-refractivity contribution is 5.86. The number of hydrogen-bond donors (Lipinski definition) is 2. The van der Waals surface area contributed by atoms with Crippen LogP contribution in [0, 0.1) is 0 Å². The van der Waals surface area contributed by atoms with Crippen LogP contribution in [0.1, 0.15) is 24.2 Å². The van der Waals surface area contributed by atoms with E-state index < -0.39 is 0 Å². The molecule has 1 aromatic carbocycles. The molecular weight excluding hydrogens is 356 g/mol. The summed E-state index contributed by atoms with van der Waals surface area (Å²) >= 11 is 0. The van der Waals surface area contributed by atoms with E-state index >= 15 is 0 Å². The molecule has 1 amide bonds. The second kappa shape index (κ2) is 10.4. The molecule has 2 N–H and O–H groups in total. The van der Waals surface area contributed by atoms with E-state index in [2.05, 4.69) is 15.6 Å². The maximum Gasteiger partial charge on any atom is 0.241 e. The number of nitrogens with zero attached hydrogens (tertiary/aromatic N) is 2. The monoisotopic (exact) mass is 384 g/mol. The zero-order valence-electron chi connectivity index (χ0n) is 16.3. The smallest absolute Gasteiger partial charge is 0.241 e. The number of benzene rings is 1. The Hall–Kier alpha value is -2.96. The number of amides is 1. The molecule has 7 nitrogen and oxygen atoms in total. The van der Waals surface area contributed by atoms with Crippen molar-refractivity contribution in [3.05, 3.63) is 54.0 Å². The fourth-order valence-electron chi connectivity index (χ4n) is 3.07. The van der Waals surface area contributed by atoms with Crippen LogP contribution in [-0.2, 0) is 17.8 Å². The largest absolute Gasteiger partial charge is 0.497 e. The molecule has 3 rings (SSSR count). The molecule has 2 heterocycles. The topological polar surface area (TPSA) is 79.1 Å². The van der Waals surface area contributed by atoms with Gasteiger partial charge in [0.15, 0.2) is 5.96 Å². The van der Waals surface area contributed by atoms with E-state index in [1.807, 2.05) is 41.3 Å². The Morgan fingerprint density at radius 3 is 2.64 bits per heavy atom. The minimum absolute atomic E-state index is 0.113. The molecule has 7 heteroatoms. The van der Waals surface area contributed by atoms with Gasteiger partial charge in [-0.25, -0.2) is 4.99 Å². The Morgan fingerprint density at radius 1 is 1.18 bits per heavy atom. The molecule has 2 aromatic rings. The van der Waals surface area contributed by atoms with Crippen molar-refractivity contribution >= 4 is 11.9 Å². The second-order valence-corrected chi connectivity index (χ2v) is 6.71. The van der Waals surface area contributed by atoms with Gasteiger partial charge in [-0.05, 0) is 42.7 Å². The summed E-state index contributed by atoms with van der Waals surface area (Å²) in [4.78, 5) is 18.8. The molecule has 150 valence electrons. The first kappa shape index (κ1) is 19.8. The minimum Gasteiger partial charge on any atom is -0.497 e. The van der Waals surface area contributed by atoms with Crippen LogP contribution in [0.25, 0.3) is 0 Å². The highest BCUT2D eigenvalue weighted by atomic mass is 16.5. The van der Waals surface area contributed by atoms with Gasteiger partial charge in [-0.15, -0.1) is 0 Å². The van der Waals surface area contributed by atoms with E-state index in [0.717, 1.165) is 49.4 Å². The summed E-state index contributed by atoms with van der Waals surface area (Å²) in [7, 11) is 1.65. The van der Waals surface area contributed by atoms with E-state index in [-0.39, 0.29) is 12.5 Å². The van der Waals surface area contributed by atoms with Gasteiger partial charge in [0.25, 0.3) is 0 Å². The number of hydrogen-bond acceptors (Lipinski definition) is 4. The fourth-order valence-corrected chi connectivity index (χ4v) is 3.07. The maximum atomic E-state index is 12.3. The van der Waals surface area contributed by atoms with Gasteiger partial charge in [0.05, 0.1) is 26.5 Å². The average molecular weight is 384 g/mol. The molecular formula is C21H28N4O3. The van der Waals surface area contributed by atoms with Crippen LogP contribution in [0.5, 0.6) is 5.75 Å². The number of ether oxygens (including phenoxy) is 1. The van der Waals surface area contributed by atoms with Gasteiger partial charge >= 0.3 is 0 Å². The van der Waals surface area contributed by atoms with Gasteiger partial charge < -0.3 is 24.7 Å². The lowest BCUT2D eigenvalue weighted by Crippen LogP contribution is -2.44. The Bertz CT molecular complexity index is 750. The van der Waals surface area contributed by atoms with Gasteiger partial charge in [-0.1, -0.05) is 12.1 Å². The Labute approximate surface area is 165 Å². The van der Waals surface area contributed by atoms with Crippen molar-refractivity contribution in [2.24, 2.45) is 4.99 Å². The molecule has 0 aliphatic carbocycles. The number of furan rings is 1. The van der Waals surface area contributed by atoms with Crippen molar-refractivity contribution in [3.8, 4) is 5.75 Å². The van der Waals surface area contributed by atoms with Crippen LogP contribution in [0.4, 0.5) is 0 Å². The van der Waals surface area contributed by atoms with Crippen molar-refractivity contribution in [1.82, 2.24) is 15.5 Å². The average Bonchev–Trinajstić information content (AvgIpc) is 3.44. The quantitative estimate of drug-likeness (QED) is 0.539. The number of aliphatic imine (C=N–C) groups is 1. The molecule has 1 saturated heterocycles. The van der Waals surface area contributed by atoms with Gasteiger partial charge in [0, 0.05) is 26.1 Å². The lowest BCUT2D eigenvalue weighted by molar-refractivity contribution is -0.128. The summed E-state index contributed by atoms with van der Waals surface area (Å²) in [6, 6.07) is 11.6. The predicted molar refractivity (Wildman–Crippen MR) is 108 cm³/mol. The van der Waals surface area contributed by atoms with Gasteiger partial charge in [-0.2, -0.15) is 0 Å². The highest BCUT2D eigenvalue weighted by Crippen LogP contribution is 2.12. The van der Waals surface area contributed by atoms with Crippen LogP contribution < -0.4 is 15.4 Å². The second-order valence-electron chi connectivity index (χ2n) is 6.71. The number of nitrogens with one attached hydrogen (secondary N) is 2. The van der Waals surface area contributed by atoms with Crippen molar-refractivity contribution in [1.29, 1.82) is 0 Å². The summed E-state index contributed by atoms with van der Waals surface area (Å²) in [6.07, 6.45) is 4.59. The third-order valence-electron chi connectivity index (χ3n) is 4.69. The third-order valence-corrected chi connectivity index (χ3v) is 4.69. The van der Waals surface area contributed by atoms with Crippen molar-refractivity contribution in [3.63, 3.8) is 0 Å². The van der Waals surface area contributed by atoms with Crippen molar-refractivity contribution in [2.75, 3.05) is 33.3 Å². The molecule has 0 unspecified atom stereocenters. The summed E-state index contributed by atoms with van der Waals surface area (Å²) in [5.41, 5.74) is 1.07. The molecule has 1 fully saturated rings. The molecule has 0 atom stereocenters. The molecule has 1 aliphatic rings. The first-order chi connectivity index (χ1) is 13.7. The van der Waals surface area contributed by atoms with E-state index in [1.54, 1.807) is 13.4 Å². The first-order valence-electron chi connectivity index (χ1n) is 9.70. The Balaban J connectivity index is 1.55. The van der Waals surface area contributed by atoms with Crippen LogP contribution in [0.15, 0.2) is 52.1 Å². The summed E-state index contributed by atoms with van der Waals surface area (Å²) < 4.78 is 10.5. The zero-order chi connectivity index (χ0) is 19.6. The van der Waals surface area contributed by atoms with E-state index in [0.29, 0.717) is 19.0 Å². The molecule has 0 saturated carbocycles. The summed E-state index contributed by atoms with van der Waals surface area (Å²) in [5.74, 6) is 2.46. The maximum absolute atomic E-state index is 12.3. The summed E-state index contributed by atoms with van der Waals surface area (Å²) in [5, 5.41) is 6.44. The van der Waals surface area contributed by atoms with Crippen LogP contribution in [0.3, 0.4) is 0 Å². The van der Waals surface area contributed by atoms with Crippen molar-refractivity contribution < 1.29 is 13.9 Å². The van der Waals surface area contributed by atoms with Crippen LogP contribution in [0.2, 0.25) is 0 Å². The Kier molecular flexibility index (Phi) is 7.35.